The van der Waals surface area contributed by atoms with E-state index in [0.29, 0.717) is 26.2 Å². The molecule has 128 valence electrons. The van der Waals surface area contributed by atoms with Crippen molar-refractivity contribution >= 4 is 17.6 Å². The molecule has 2 fully saturated rings. The first-order valence-electron chi connectivity index (χ1n) is 8.72. The van der Waals surface area contributed by atoms with E-state index in [4.69, 9.17) is 4.74 Å². The molecule has 0 bridgehead atoms. The van der Waals surface area contributed by atoms with Crippen molar-refractivity contribution < 1.29 is 14.3 Å². The second-order valence-electron chi connectivity index (χ2n) is 6.89. The van der Waals surface area contributed by atoms with Crippen molar-refractivity contribution in [1.29, 1.82) is 0 Å². The van der Waals surface area contributed by atoms with Gasteiger partial charge in [0.15, 0.2) is 0 Å². The third-order valence-corrected chi connectivity index (χ3v) is 5.38. The molecule has 0 atom stereocenters. The highest BCUT2D eigenvalue weighted by Gasteiger charge is 2.43. The molecule has 4 rings (SSSR count). The van der Waals surface area contributed by atoms with Gasteiger partial charge in [0, 0.05) is 18.8 Å². The fourth-order valence-corrected chi connectivity index (χ4v) is 3.85. The van der Waals surface area contributed by atoms with E-state index in [0.717, 1.165) is 24.9 Å². The summed E-state index contributed by atoms with van der Waals surface area (Å²) in [6.45, 7) is 2.54. The van der Waals surface area contributed by atoms with Crippen LogP contribution >= 0.6 is 0 Å². The van der Waals surface area contributed by atoms with Gasteiger partial charge in [-0.3, -0.25) is 4.79 Å². The van der Waals surface area contributed by atoms with Gasteiger partial charge in [-0.2, -0.15) is 0 Å². The maximum absolute atomic E-state index is 12.5. The quantitative estimate of drug-likeness (QED) is 0.895. The first kappa shape index (κ1) is 15.4. The van der Waals surface area contributed by atoms with Crippen LogP contribution in [0.3, 0.4) is 0 Å². The second-order valence-corrected chi connectivity index (χ2v) is 6.89. The number of hydrogen-bond donors (Lipinski definition) is 1. The minimum absolute atomic E-state index is 0.0392. The lowest BCUT2D eigenvalue weighted by Gasteiger charge is -2.48. The number of hydrogen-bond acceptors (Lipinski definition) is 3. The number of ether oxygens (including phenoxy) is 1. The predicted molar refractivity (Wildman–Crippen MR) is 90.0 cm³/mol. The van der Waals surface area contributed by atoms with Gasteiger partial charge in [0.1, 0.15) is 0 Å². The molecule has 1 aliphatic carbocycles. The maximum Gasteiger partial charge on any atom is 0.318 e. The normalized spacial score (nSPS) is 21.3. The number of carbonyl (C=O) groups is 2. The van der Waals surface area contributed by atoms with Crippen molar-refractivity contribution in [2.75, 3.05) is 37.7 Å². The van der Waals surface area contributed by atoms with Crippen LogP contribution in [0.5, 0.6) is 0 Å². The molecule has 1 aromatic carbocycles. The number of carbonyl (C=O) groups excluding carboxylic acids is 2. The number of amides is 3. The summed E-state index contributed by atoms with van der Waals surface area (Å²) >= 11 is 0. The Hall–Kier alpha value is -2.08. The van der Waals surface area contributed by atoms with Gasteiger partial charge in [-0.25, -0.2) is 4.79 Å². The van der Waals surface area contributed by atoms with Gasteiger partial charge in [-0.1, -0.05) is 18.2 Å². The zero-order valence-electron chi connectivity index (χ0n) is 13.8. The molecule has 2 aliphatic heterocycles. The zero-order valence-corrected chi connectivity index (χ0v) is 13.8. The lowest BCUT2D eigenvalue weighted by molar-refractivity contribution is -0.141. The molecular formula is C18H23N3O3. The molecule has 0 unspecified atom stereocenters. The molecule has 6 nitrogen and oxygen atoms in total. The molecule has 24 heavy (non-hydrogen) atoms. The van der Waals surface area contributed by atoms with Gasteiger partial charge in [0.05, 0.1) is 25.3 Å². The molecule has 0 radical (unpaired) electrons. The minimum atomic E-state index is -0.162. The lowest BCUT2D eigenvalue weighted by atomic mass is 9.79. The summed E-state index contributed by atoms with van der Waals surface area (Å²) < 4.78 is 5.83. The zero-order chi connectivity index (χ0) is 16.6. The Labute approximate surface area is 141 Å². The van der Waals surface area contributed by atoms with Crippen molar-refractivity contribution in [3.63, 3.8) is 0 Å². The Bertz CT molecular complexity index is 657. The summed E-state index contributed by atoms with van der Waals surface area (Å²) in [5, 5.41) is 2.79. The highest BCUT2D eigenvalue weighted by atomic mass is 16.5. The number of rotatable bonds is 2. The number of fused-ring (bicyclic) bond motifs is 1. The summed E-state index contributed by atoms with van der Waals surface area (Å²) in [6, 6.07) is 7.78. The van der Waals surface area contributed by atoms with E-state index in [1.807, 2.05) is 24.3 Å². The molecule has 3 amide bonds. The number of urea groups is 1. The summed E-state index contributed by atoms with van der Waals surface area (Å²) in [6.07, 6.45) is 4.10. The average molecular weight is 329 g/mol. The molecule has 6 heteroatoms. The van der Waals surface area contributed by atoms with Crippen LogP contribution < -0.4 is 10.2 Å². The van der Waals surface area contributed by atoms with Gasteiger partial charge < -0.3 is 19.9 Å². The Morgan fingerprint density at radius 2 is 2.04 bits per heavy atom. The van der Waals surface area contributed by atoms with E-state index >= 15 is 0 Å². The van der Waals surface area contributed by atoms with Crippen LogP contribution in [0, 0.1) is 0 Å². The van der Waals surface area contributed by atoms with Crippen molar-refractivity contribution in [2.24, 2.45) is 0 Å². The SMILES string of the molecule is O=C(NCC(=O)N1CCc2ccccc21)N1CCOC2(CCC2)C1. The number of anilines is 1. The number of nitrogens with one attached hydrogen (secondary N) is 1. The van der Waals surface area contributed by atoms with Gasteiger partial charge in [-0.15, -0.1) is 0 Å². The van der Waals surface area contributed by atoms with E-state index < -0.39 is 0 Å². The van der Waals surface area contributed by atoms with Gasteiger partial charge >= 0.3 is 6.03 Å². The molecule has 0 aromatic heterocycles. The number of benzene rings is 1. The molecular weight excluding hydrogens is 306 g/mol. The average Bonchev–Trinajstić information content (AvgIpc) is 3.02. The van der Waals surface area contributed by atoms with Gasteiger partial charge in [-0.05, 0) is 37.3 Å². The fourth-order valence-electron chi connectivity index (χ4n) is 3.85. The summed E-state index contributed by atoms with van der Waals surface area (Å²) in [4.78, 5) is 28.4. The highest BCUT2D eigenvalue weighted by Crippen LogP contribution is 2.38. The van der Waals surface area contributed by atoms with E-state index in [2.05, 4.69) is 5.32 Å². The molecule has 1 saturated carbocycles. The van der Waals surface area contributed by atoms with Crippen LogP contribution in [0.25, 0.3) is 0 Å². The minimum Gasteiger partial charge on any atom is -0.371 e. The second kappa shape index (κ2) is 6.09. The van der Waals surface area contributed by atoms with Gasteiger partial charge in [0.25, 0.3) is 0 Å². The van der Waals surface area contributed by atoms with E-state index in [1.54, 1.807) is 9.80 Å². The third kappa shape index (κ3) is 2.75. The summed E-state index contributed by atoms with van der Waals surface area (Å²) in [5.41, 5.74) is 2.04. The fraction of sp³-hybridized carbons (Fsp3) is 0.556. The van der Waals surface area contributed by atoms with Crippen LogP contribution in [0.4, 0.5) is 10.5 Å². The molecule has 1 N–H and O–H groups in total. The summed E-state index contributed by atoms with van der Waals surface area (Å²) in [7, 11) is 0. The number of morpholine rings is 1. The molecule has 1 spiro atoms. The van der Waals surface area contributed by atoms with E-state index in [1.165, 1.54) is 12.0 Å². The van der Waals surface area contributed by atoms with Crippen LogP contribution in [0.1, 0.15) is 24.8 Å². The van der Waals surface area contributed by atoms with Gasteiger partial charge in [0.2, 0.25) is 5.91 Å². The first-order valence-corrected chi connectivity index (χ1v) is 8.72. The first-order chi connectivity index (χ1) is 11.7. The van der Waals surface area contributed by atoms with Crippen molar-refractivity contribution in [3.05, 3.63) is 29.8 Å². The molecule has 2 heterocycles. The highest BCUT2D eigenvalue weighted by molar-refractivity contribution is 5.98. The Morgan fingerprint density at radius 3 is 2.83 bits per heavy atom. The van der Waals surface area contributed by atoms with Crippen molar-refractivity contribution in [3.8, 4) is 0 Å². The van der Waals surface area contributed by atoms with Crippen LogP contribution in [0.15, 0.2) is 24.3 Å². The Kier molecular flexibility index (Phi) is 3.92. The van der Waals surface area contributed by atoms with Crippen LogP contribution in [0.2, 0.25) is 0 Å². The maximum atomic E-state index is 12.5. The Balaban J connectivity index is 1.32. The number of nitrogens with zero attached hydrogens (tertiary/aromatic N) is 2. The van der Waals surface area contributed by atoms with Crippen LogP contribution in [-0.2, 0) is 16.0 Å². The third-order valence-electron chi connectivity index (χ3n) is 5.38. The predicted octanol–water partition coefficient (Wildman–Crippen LogP) is 1.54. The monoisotopic (exact) mass is 329 g/mol. The summed E-state index contributed by atoms with van der Waals surface area (Å²) in [5.74, 6) is -0.0556. The smallest absolute Gasteiger partial charge is 0.318 e. The standard InChI is InChI=1S/C18H23N3O3/c22-16(21-9-6-14-4-1-2-5-15(14)21)12-19-17(23)20-10-11-24-18(13-20)7-3-8-18/h1-2,4-5H,3,6-13H2,(H,19,23). The van der Waals surface area contributed by atoms with E-state index in [9.17, 15) is 9.59 Å². The molecule has 1 saturated heterocycles. The molecule has 3 aliphatic rings. The lowest BCUT2D eigenvalue weighted by Crippen LogP contribution is -2.59. The Morgan fingerprint density at radius 1 is 1.21 bits per heavy atom. The largest absolute Gasteiger partial charge is 0.371 e. The molecule has 1 aromatic rings. The topological polar surface area (TPSA) is 61.9 Å². The van der Waals surface area contributed by atoms with E-state index in [-0.39, 0.29) is 24.1 Å². The van der Waals surface area contributed by atoms with Crippen molar-refractivity contribution in [1.82, 2.24) is 10.2 Å². The van der Waals surface area contributed by atoms with Crippen LogP contribution in [-0.4, -0.2) is 55.2 Å². The number of para-hydroxylation sites is 1. The van der Waals surface area contributed by atoms with Crippen molar-refractivity contribution in [2.45, 2.75) is 31.3 Å².